The number of thiophene rings is 1. The van der Waals surface area contributed by atoms with Crippen LogP contribution in [-0.2, 0) is 13.1 Å². The Morgan fingerprint density at radius 2 is 1.90 bits per heavy atom. The summed E-state index contributed by atoms with van der Waals surface area (Å²) in [6, 6.07) is 6.86. The smallest absolute Gasteiger partial charge is 0.264 e. The highest BCUT2D eigenvalue weighted by atomic mass is 35.5. The Kier molecular flexibility index (Phi) is 8.19. The quantitative estimate of drug-likeness (QED) is 0.295. The van der Waals surface area contributed by atoms with Gasteiger partial charge < -0.3 is 14.8 Å². The van der Waals surface area contributed by atoms with Crippen LogP contribution in [0.2, 0.25) is 4.34 Å². The van der Waals surface area contributed by atoms with Gasteiger partial charge in [-0.1, -0.05) is 32.4 Å². The summed E-state index contributed by atoms with van der Waals surface area (Å²) in [7, 11) is 3.06. The molecule has 0 fully saturated rings. The van der Waals surface area contributed by atoms with Crippen LogP contribution in [0.5, 0.6) is 0 Å². The van der Waals surface area contributed by atoms with Crippen molar-refractivity contribution in [2.75, 3.05) is 19.4 Å². The minimum Gasteiger partial charge on any atom is -0.365 e. The van der Waals surface area contributed by atoms with E-state index < -0.39 is 16.9 Å². The van der Waals surface area contributed by atoms with Crippen molar-refractivity contribution in [2.45, 2.75) is 33.9 Å². The molecule has 0 aliphatic rings. The zero-order valence-corrected chi connectivity index (χ0v) is 24.4. The number of hydrogen-bond donors (Lipinski definition) is 1. The third kappa shape index (κ3) is 6.18. The molecule has 0 bridgehead atoms. The summed E-state index contributed by atoms with van der Waals surface area (Å²) in [5, 5.41) is 9.36. The van der Waals surface area contributed by atoms with Crippen molar-refractivity contribution in [1.29, 1.82) is 0 Å². The van der Waals surface area contributed by atoms with Gasteiger partial charge in [-0.15, -0.1) is 22.7 Å². The zero-order valence-electron chi connectivity index (χ0n) is 22.0. The molecule has 10 nitrogen and oxygen atoms in total. The van der Waals surface area contributed by atoms with E-state index in [9.17, 15) is 19.2 Å². The summed E-state index contributed by atoms with van der Waals surface area (Å²) in [6.45, 7) is 5.45. The fraction of sp³-hybridized carbons (Fsp3) is 0.308. The average molecular weight is 587 g/mol. The van der Waals surface area contributed by atoms with Crippen molar-refractivity contribution in [1.82, 2.24) is 24.2 Å². The molecule has 204 valence electrons. The number of aromatic nitrogens is 4. The Bertz CT molecular complexity index is 1600. The van der Waals surface area contributed by atoms with Crippen molar-refractivity contribution >= 4 is 57.7 Å². The maximum absolute atomic E-state index is 13.5. The molecule has 1 amide bonds. The molecular weight excluding hydrogens is 560 g/mol. The minimum absolute atomic E-state index is 0.155. The molecule has 0 unspecified atom stereocenters. The van der Waals surface area contributed by atoms with Gasteiger partial charge in [-0.2, -0.15) is 9.78 Å². The van der Waals surface area contributed by atoms with E-state index in [1.54, 1.807) is 44.4 Å². The summed E-state index contributed by atoms with van der Waals surface area (Å²) < 4.78 is 3.08. The second-order valence-electron chi connectivity index (χ2n) is 9.98. The van der Waals surface area contributed by atoms with Crippen LogP contribution in [-0.4, -0.2) is 55.9 Å². The highest BCUT2D eigenvalue weighted by Crippen LogP contribution is 2.29. The predicted molar refractivity (Wildman–Crippen MR) is 153 cm³/mol. The first-order chi connectivity index (χ1) is 18.4. The third-order valence-corrected chi connectivity index (χ3v) is 7.53. The van der Waals surface area contributed by atoms with Crippen molar-refractivity contribution in [3.05, 3.63) is 72.2 Å². The second-order valence-corrected chi connectivity index (χ2v) is 12.5. The second kappa shape index (κ2) is 11.2. The highest BCUT2D eigenvalue weighted by molar-refractivity contribution is 7.16. The lowest BCUT2D eigenvalue weighted by Gasteiger charge is -2.18. The number of Topliss-reactive ketones (excluding diaryl/α,β-unsaturated/α-hetero) is 1. The fourth-order valence-electron chi connectivity index (χ4n) is 3.66. The van der Waals surface area contributed by atoms with Crippen LogP contribution in [0.4, 0.5) is 5.82 Å². The van der Waals surface area contributed by atoms with E-state index >= 15 is 0 Å². The maximum atomic E-state index is 13.5. The lowest BCUT2D eigenvalue weighted by molar-refractivity contribution is 0.0751. The zero-order chi connectivity index (χ0) is 28.5. The van der Waals surface area contributed by atoms with Gasteiger partial charge in [0.1, 0.15) is 17.1 Å². The Morgan fingerprint density at radius 1 is 1.15 bits per heavy atom. The molecule has 1 N–H and O–H groups in total. The molecule has 39 heavy (non-hydrogen) atoms. The van der Waals surface area contributed by atoms with Crippen molar-refractivity contribution in [3.8, 4) is 11.3 Å². The number of nitrogens with zero attached hydrogens (tertiary/aromatic N) is 5. The van der Waals surface area contributed by atoms with E-state index in [0.29, 0.717) is 16.7 Å². The number of carbonyl (C=O) groups excluding carboxylic acids is 3. The Morgan fingerprint density at radius 3 is 2.49 bits per heavy atom. The SMILES string of the molecule is CN(C)C(=O)c1c(-c2cc(NCc3ccc(Cl)s3)n(C(=O)C(C)(C)C)n2)ccn(CC(=O)c2cscn2)c1=O. The van der Waals surface area contributed by atoms with Gasteiger partial charge in [0.25, 0.3) is 17.4 Å². The van der Waals surface area contributed by atoms with E-state index in [-0.39, 0.29) is 40.7 Å². The van der Waals surface area contributed by atoms with E-state index in [4.69, 9.17) is 11.6 Å². The number of amides is 1. The Labute approximate surface area is 237 Å². The molecule has 0 aromatic carbocycles. The van der Waals surface area contributed by atoms with Crippen LogP contribution >= 0.6 is 34.3 Å². The number of halogens is 1. The van der Waals surface area contributed by atoms with Crippen LogP contribution in [0.1, 0.15) is 51.3 Å². The summed E-state index contributed by atoms with van der Waals surface area (Å²) >= 11 is 8.74. The van der Waals surface area contributed by atoms with Gasteiger partial charge in [0.05, 0.1) is 28.6 Å². The molecule has 4 aromatic heterocycles. The average Bonchev–Trinajstić information content (AvgIpc) is 3.63. The molecule has 0 aliphatic heterocycles. The number of rotatable bonds is 8. The van der Waals surface area contributed by atoms with E-state index in [1.165, 1.54) is 62.6 Å². The first-order valence-electron chi connectivity index (χ1n) is 11.9. The monoisotopic (exact) mass is 586 g/mol. The molecule has 4 aromatic rings. The maximum Gasteiger partial charge on any atom is 0.264 e. The molecule has 4 heterocycles. The number of hydrogen-bond acceptors (Lipinski definition) is 9. The molecule has 0 saturated carbocycles. The van der Waals surface area contributed by atoms with Crippen LogP contribution in [0, 0.1) is 5.41 Å². The van der Waals surface area contributed by atoms with Crippen LogP contribution < -0.4 is 10.9 Å². The normalized spacial score (nSPS) is 11.4. The third-order valence-electron chi connectivity index (χ3n) is 5.71. The number of pyridine rings is 1. The molecule has 0 radical (unpaired) electrons. The molecule has 4 rings (SSSR count). The summed E-state index contributed by atoms with van der Waals surface area (Å²) in [5.41, 5.74) is 0.742. The van der Waals surface area contributed by atoms with E-state index in [0.717, 1.165) is 4.88 Å². The molecule has 0 aliphatic carbocycles. The number of thiazole rings is 1. The molecule has 0 saturated heterocycles. The van der Waals surface area contributed by atoms with Crippen molar-refractivity contribution < 1.29 is 14.4 Å². The minimum atomic E-state index is -0.756. The van der Waals surface area contributed by atoms with Gasteiger partial charge in [0, 0.05) is 47.6 Å². The first-order valence-corrected chi connectivity index (χ1v) is 14.0. The largest absolute Gasteiger partial charge is 0.365 e. The van der Waals surface area contributed by atoms with Crippen LogP contribution in [0.3, 0.4) is 0 Å². The number of ketones is 1. The van der Waals surface area contributed by atoms with Gasteiger partial charge in [0.15, 0.2) is 0 Å². The Hall–Kier alpha value is -3.61. The summed E-state index contributed by atoms with van der Waals surface area (Å²) in [6.07, 6.45) is 1.44. The molecule has 0 atom stereocenters. The van der Waals surface area contributed by atoms with E-state index in [1.807, 2.05) is 6.07 Å². The predicted octanol–water partition coefficient (Wildman–Crippen LogP) is 4.77. The fourth-order valence-corrected chi connectivity index (χ4v) is 5.25. The standard InChI is InChI=1S/C26H27ClN6O4S2/c1-26(2,3)25(37)33-21(28-11-15-6-7-20(27)39-15)10-17(30-33)16-8-9-32(12-19(34)18-13-38-14-29-18)24(36)22(16)23(35)31(4)5/h6-10,13-14,28H,11-12H2,1-5H3. The van der Waals surface area contributed by atoms with Gasteiger partial charge in [0.2, 0.25) is 5.78 Å². The van der Waals surface area contributed by atoms with Gasteiger partial charge in [-0.3, -0.25) is 19.2 Å². The summed E-state index contributed by atoms with van der Waals surface area (Å²) in [5.74, 6) is -0.775. The molecule has 0 spiro atoms. The number of carbonyl (C=O) groups is 3. The lowest BCUT2D eigenvalue weighted by atomic mass is 9.96. The van der Waals surface area contributed by atoms with E-state index in [2.05, 4.69) is 15.4 Å². The van der Waals surface area contributed by atoms with Crippen LogP contribution in [0.15, 0.2) is 46.1 Å². The van der Waals surface area contributed by atoms with Gasteiger partial charge in [-0.05, 0) is 18.2 Å². The number of anilines is 1. The highest BCUT2D eigenvalue weighted by Gasteiger charge is 2.29. The van der Waals surface area contributed by atoms with Gasteiger partial charge in [-0.25, -0.2) is 4.98 Å². The topological polar surface area (TPSA) is 119 Å². The molecule has 13 heteroatoms. The Balaban J connectivity index is 1.80. The summed E-state index contributed by atoms with van der Waals surface area (Å²) in [4.78, 5) is 58.9. The number of nitrogens with one attached hydrogen (secondary N) is 1. The van der Waals surface area contributed by atoms with Crippen LogP contribution in [0.25, 0.3) is 11.3 Å². The molecular formula is C26H27ClN6O4S2. The van der Waals surface area contributed by atoms with Gasteiger partial charge >= 0.3 is 0 Å². The van der Waals surface area contributed by atoms with Crippen molar-refractivity contribution in [3.63, 3.8) is 0 Å². The lowest BCUT2D eigenvalue weighted by Crippen LogP contribution is -2.34. The first kappa shape index (κ1) is 28.4. The van der Waals surface area contributed by atoms with Crippen molar-refractivity contribution in [2.24, 2.45) is 5.41 Å².